The molecule has 0 bridgehead atoms. The first-order valence-corrected chi connectivity index (χ1v) is 4.70. The summed E-state index contributed by atoms with van der Waals surface area (Å²) in [5, 5.41) is -2.04. The molecule has 0 aliphatic rings. The van der Waals surface area contributed by atoms with Crippen LogP contribution in [0, 0.1) is 17.5 Å². The maximum absolute atomic E-state index is 13.1. The molecule has 0 amide bonds. The molecule has 1 rings (SSSR count). The van der Waals surface area contributed by atoms with Crippen LogP contribution in [0.5, 0.6) is 0 Å². The van der Waals surface area contributed by atoms with Gasteiger partial charge in [0.05, 0.1) is 0 Å². The van der Waals surface area contributed by atoms with Crippen molar-refractivity contribution in [1.29, 1.82) is 0 Å². The minimum atomic E-state index is -1.58. The number of benzene rings is 1. The fraction of sp³-hybridized carbons (Fsp3) is 0.222. The van der Waals surface area contributed by atoms with Gasteiger partial charge in [0, 0.05) is 6.42 Å². The van der Waals surface area contributed by atoms with Crippen molar-refractivity contribution in [1.82, 2.24) is 0 Å². The molecule has 15 heavy (non-hydrogen) atoms. The van der Waals surface area contributed by atoms with E-state index in [9.17, 15) is 18.0 Å². The predicted molar refractivity (Wildman–Crippen MR) is 50.5 cm³/mol. The van der Waals surface area contributed by atoms with Crippen molar-refractivity contribution in [3.05, 3.63) is 35.1 Å². The minimum absolute atomic E-state index is 0.192. The average molecular weight is 257 g/mol. The lowest BCUT2D eigenvalue weighted by Gasteiger charge is -2.06. The van der Waals surface area contributed by atoms with Gasteiger partial charge in [0.15, 0.2) is 17.5 Å². The van der Waals surface area contributed by atoms with Crippen molar-refractivity contribution < 1.29 is 18.0 Å². The van der Waals surface area contributed by atoms with Crippen molar-refractivity contribution in [2.45, 2.75) is 11.8 Å². The van der Waals surface area contributed by atoms with E-state index in [2.05, 4.69) is 0 Å². The lowest BCUT2D eigenvalue weighted by Crippen LogP contribution is -2.13. The largest absolute Gasteiger partial charge is 0.280 e. The van der Waals surface area contributed by atoms with Crippen molar-refractivity contribution >= 4 is 28.4 Å². The monoisotopic (exact) mass is 256 g/mol. The van der Waals surface area contributed by atoms with Gasteiger partial charge in [-0.2, -0.15) is 0 Å². The van der Waals surface area contributed by atoms with E-state index in [-0.39, 0.29) is 12.0 Å². The number of halogens is 5. The van der Waals surface area contributed by atoms with E-state index in [1.807, 2.05) is 0 Å². The van der Waals surface area contributed by atoms with Crippen LogP contribution in [0.1, 0.15) is 5.56 Å². The SMILES string of the molecule is O=C(Cl)C(Cl)Cc1ccc(F)c(F)c1F. The molecule has 0 aliphatic heterocycles. The molecule has 0 N–H and O–H groups in total. The number of carbonyl (C=O) groups excluding carboxylic acids is 1. The van der Waals surface area contributed by atoms with E-state index < -0.39 is 28.1 Å². The molecule has 6 heteroatoms. The second-order valence-corrected chi connectivity index (χ2v) is 3.71. The lowest BCUT2D eigenvalue weighted by atomic mass is 10.1. The molecule has 1 nitrogen and oxygen atoms in total. The smallest absolute Gasteiger partial charge is 0.239 e. The normalized spacial score (nSPS) is 12.6. The summed E-state index contributed by atoms with van der Waals surface area (Å²) >= 11 is 10.5. The predicted octanol–water partition coefficient (Wildman–Crippen LogP) is 3.02. The standard InChI is InChI=1S/C9H5Cl2F3O/c10-5(9(11)15)3-4-1-2-6(12)8(14)7(4)13/h1-2,5H,3H2. The number of hydrogen-bond acceptors (Lipinski definition) is 1. The Morgan fingerprint density at radius 3 is 2.40 bits per heavy atom. The van der Waals surface area contributed by atoms with E-state index in [0.717, 1.165) is 12.1 Å². The highest BCUT2D eigenvalue weighted by Crippen LogP contribution is 2.18. The van der Waals surface area contributed by atoms with E-state index >= 15 is 0 Å². The molecular formula is C9H5Cl2F3O. The Morgan fingerprint density at radius 2 is 1.87 bits per heavy atom. The number of rotatable bonds is 3. The summed E-state index contributed by atoms with van der Waals surface area (Å²) in [6, 6.07) is 1.78. The summed E-state index contributed by atoms with van der Waals surface area (Å²) in [5.41, 5.74) is -0.192. The zero-order valence-corrected chi connectivity index (χ0v) is 8.75. The van der Waals surface area contributed by atoms with Gasteiger partial charge >= 0.3 is 0 Å². The third-order valence-corrected chi connectivity index (χ3v) is 2.49. The molecule has 0 saturated heterocycles. The third-order valence-electron chi connectivity index (χ3n) is 1.76. The van der Waals surface area contributed by atoms with Crippen molar-refractivity contribution in [2.75, 3.05) is 0 Å². The van der Waals surface area contributed by atoms with Crippen LogP contribution in [-0.4, -0.2) is 10.6 Å². The van der Waals surface area contributed by atoms with E-state index in [1.165, 1.54) is 0 Å². The van der Waals surface area contributed by atoms with Gasteiger partial charge in [-0.05, 0) is 23.2 Å². The molecule has 1 aromatic carbocycles. The molecular weight excluding hydrogens is 252 g/mol. The van der Waals surface area contributed by atoms with Crippen LogP contribution in [0.2, 0.25) is 0 Å². The van der Waals surface area contributed by atoms with Gasteiger partial charge in [-0.3, -0.25) is 4.79 Å². The first-order chi connectivity index (χ1) is 6.93. The molecule has 0 radical (unpaired) electrons. The summed E-state index contributed by atoms with van der Waals surface area (Å²) in [6.07, 6.45) is -0.285. The lowest BCUT2D eigenvalue weighted by molar-refractivity contribution is -0.111. The first-order valence-electron chi connectivity index (χ1n) is 3.89. The molecule has 0 saturated carbocycles. The van der Waals surface area contributed by atoms with Gasteiger partial charge in [-0.1, -0.05) is 6.07 Å². The summed E-state index contributed by atoms with van der Waals surface area (Å²) in [5.74, 6) is -4.23. The summed E-state index contributed by atoms with van der Waals surface area (Å²) in [6.45, 7) is 0. The van der Waals surface area contributed by atoms with Crippen LogP contribution in [0.4, 0.5) is 13.2 Å². The number of carbonyl (C=O) groups is 1. The minimum Gasteiger partial charge on any atom is -0.280 e. The number of hydrogen-bond donors (Lipinski definition) is 0. The van der Waals surface area contributed by atoms with Crippen LogP contribution in [0.3, 0.4) is 0 Å². The molecule has 1 unspecified atom stereocenters. The van der Waals surface area contributed by atoms with Gasteiger partial charge in [0.1, 0.15) is 5.38 Å². The molecule has 1 atom stereocenters. The van der Waals surface area contributed by atoms with Crippen LogP contribution in [0.15, 0.2) is 12.1 Å². The van der Waals surface area contributed by atoms with E-state index in [1.54, 1.807) is 0 Å². The topological polar surface area (TPSA) is 17.1 Å². The Bertz CT molecular complexity index is 395. The molecule has 0 aliphatic carbocycles. The summed E-state index contributed by atoms with van der Waals surface area (Å²) < 4.78 is 38.3. The van der Waals surface area contributed by atoms with Crippen LogP contribution >= 0.6 is 23.2 Å². The van der Waals surface area contributed by atoms with Crippen molar-refractivity contribution in [3.63, 3.8) is 0 Å². The van der Waals surface area contributed by atoms with Gasteiger partial charge in [-0.25, -0.2) is 13.2 Å². The second kappa shape index (κ2) is 4.86. The fourth-order valence-electron chi connectivity index (χ4n) is 0.997. The molecule has 0 aromatic heterocycles. The quantitative estimate of drug-likeness (QED) is 0.462. The summed E-state index contributed by atoms with van der Waals surface area (Å²) in [7, 11) is 0. The zero-order chi connectivity index (χ0) is 11.6. The van der Waals surface area contributed by atoms with Crippen molar-refractivity contribution in [3.8, 4) is 0 Å². The Kier molecular flexibility index (Phi) is 3.99. The highest BCUT2D eigenvalue weighted by molar-refractivity contribution is 6.69. The van der Waals surface area contributed by atoms with E-state index in [0.29, 0.717) is 0 Å². The van der Waals surface area contributed by atoms with Gasteiger partial charge < -0.3 is 0 Å². The molecule has 0 heterocycles. The maximum atomic E-state index is 13.1. The fourth-order valence-corrected chi connectivity index (χ4v) is 1.24. The zero-order valence-electron chi connectivity index (χ0n) is 7.24. The molecule has 82 valence electrons. The highest BCUT2D eigenvalue weighted by Gasteiger charge is 2.19. The van der Waals surface area contributed by atoms with Crippen LogP contribution in [0.25, 0.3) is 0 Å². The van der Waals surface area contributed by atoms with Gasteiger partial charge in [-0.15, -0.1) is 11.6 Å². The Morgan fingerprint density at radius 1 is 1.27 bits per heavy atom. The number of alkyl halides is 1. The van der Waals surface area contributed by atoms with Crippen LogP contribution < -0.4 is 0 Å². The molecule has 0 fully saturated rings. The second-order valence-electron chi connectivity index (χ2n) is 2.81. The van der Waals surface area contributed by atoms with E-state index in [4.69, 9.17) is 23.2 Å². The molecule has 0 spiro atoms. The molecule has 1 aromatic rings. The van der Waals surface area contributed by atoms with Gasteiger partial charge in [0.25, 0.3) is 0 Å². The Balaban J connectivity index is 2.97. The Hall–Kier alpha value is -0.740. The Labute approximate surface area is 93.8 Å². The maximum Gasteiger partial charge on any atom is 0.239 e. The first kappa shape index (κ1) is 12.3. The van der Waals surface area contributed by atoms with Crippen LogP contribution in [-0.2, 0) is 11.2 Å². The third kappa shape index (κ3) is 2.86. The van der Waals surface area contributed by atoms with Gasteiger partial charge in [0.2, 0.25) is 5.24 Å². The summed E-state index contributed by atoms with van der Waals surface area (Å²) in [4.78, 5) is 10.6. The van der Waals surface area contributed by atoms with Crippen molar-refractivity contribution in [2.24, 2.45) is 0 Å². The highest BCUT2D eigenvalue weighted by atomic mass is 35.5. The average Bonchev–Trinajstić information content (AvgIpc) is 2.18.